The number of fused-ring (bicyclic) bond motifs is 3. The van der Waals surface area contributed by atoms with Gasteiger partial charge in [-0.1, -0.05) is 12.2 Å². The lowest BCUT2D eigenvalue weighted by Crippen LogP contribution is -2.40. The molecule has 19 heavy (non-hydrogen) atoms. The fourth-order valence-electron chi connectivity index (χ4n) is 2.88. The van der Waals surface area contributed by atoms with Gasteiger partial charge in [0.25, 0.3) is 0 Å². The predicted molar refractivity (Wildman–Crippen MR) is 71.5 cm³/mol. The molecular formula is C15H17NO3. The van der Waals surface area contributed by atoms with Crippen molar-refractivity contribution in [3.63, 3.8) is 0 Å². The van der Waals surface area contributed by atoms with Gasteiger partial charge in [-0.05, 0) is 29.7 Å². The molecule has 0 bridgehead atoms. The van der Waals surface area contributed by atoms with Gasteiger partial charge in [0, 0.05) is 13.0 Å². The highest BCUT2D eigenvalue weighted by Crippen LogP contribution is 2.39. The minimum atomic E-state index is 0.0461. The van der Waals surface area contributed by atoms with E-state index in [-0.39, 0.29) is 11.9 Å². The highest BCUT2D eigenvalue weighted by atomic mass is 16.5. The van der Waals surface area contributed by atoms with E-state index < -0.39 is 0 Å². The number of benzene rings is 1. The summed E-state index contributed by atoms with van der Waals surface area (Å²) in [5.41, 5.74) is 2.38. The lowest BCUT2D eigenvalue weighted by Gasteiger charge is -2.38. The zero-order valence-electron chi connectivity index (χ0n) is 11.2. The highest BCUT2D eigenvalue weighted by Gasteiger charge is 2.31. The first kappa shape index (κ1) is 12.1. The molecule has 0 radical (unpaired) electrons. The van der Waals surface area contributed by atoms with E-state index >= 15 is 0 Å². The van der Waals surface area contributed by atoms with E-state index in [0.29, 0.717) is 6.42 Å². The van der Waals surface area contributed by atoms with Gasteiger partial charge in [0.2, 0.25) is 5.91 Å². The van der Waals surface area contributed by atoms with Gasteiger partial charge in [-0.15, -0.1) is 0 Å². The predicted octanol–water partition coefficient (Wildman–Crippen LogP) is 2.09. The third kappa shape index (κ3) is 1.87. The van der Waals surface area contributed by atoms with Crippen LogP contribution in [0.2, 0.25) is 0 Å². The number of carbonyl (C=O) groups is 1. The number of carbonyl (C=O) groups excluding carboxylic acids is 1. The minimum absolute atomic E-state index is 0.0461. The molecule has 1 unspecified atom stereocenters. The molecule has 100 valence electrons. The standard InChI is InChI=1S/C15H17NO3/c1-18-13-8-10-6-7-16-12(4-3-5-15(16)17)11(10)9-14(13)19-2/h3-4,8-9,12H,5-7H2,1-2H3. The van der Waals surface area contributed by atoms with Crippen LogP contribution in [0.1, 0.15) is 23.6 Å². The summed E-state index contributed by atoms with van der Waals surface area (Å²) in [5.74, 6) is 1.67. The molecule has 0 N–H and O–H groups in total. The Labute approximate surface area is 112 Å². The Morgan fingerprint density at radius 2 is 1.95 bits per heavy atom. The summed E-state index contributed by atoms with van der Waals surface area (Å²) in [7, 11) is 3.27. The second-order valence-corrected chi connectivity index (χ2v) is 4.82. The van der Waals surface area contributed by atoms with Crippen molar-refractivity contribution in [2.75, 3.05) is 20.8 Å². The first-order chi connectivity index (χ1) is 9.24. The fourth-order valence-corrected chi connectivity index (χ4v) is 2.88. The summed E-state index contributed by atoms with van der Waals surface area (Å²) in [4.78, 5) is 13.9. The monoisotopic (exact) mass is 259 g/mol. The van der Waals surface area contributed by atoms with Crippen molar-refractivity contribution in [3.8, 4) is 11.5 Å². The quantitative estimate of drug-likeness (QED) is 0.763. The molecule has 0 aromatic heterocycles. The van der Waals surface area contributed by atoms with Crippen molar-refractivity contribution >= 4 is 5.91 Å². The van der Waals surface area contributed by atoms with Gasteiger partial charge in [0.1, 0.15) is 0 Å². The number of nitrogens with zero attached hydrogens (tertiary/aromatic N) is 1. The number of hydrogen-bond donors (Lipinski definition) is 0. The number of methoxy groups -OCH3 is 2. The van der Waals surface area contributed by atoms with E-state index in [1.807, 2.05) is 23.1 Å². The van der Waals surface area contributed by atoms with E-state index in [4.69, 9.17) is 9.47 Å². The largest absolute Gasteiger partial charge is 0.493 e. The van der Waals surface area contributed by atoms with Gasteiger partial charge in [-0.3, -0.25) is 4.79 Å². The first-order valence-corrected chi connectivity index (χ1v) is 6.45. The summed E-state index contributed by atoms with van der Waals surface area (Å²) in [6.45, 7) is 0.774. The van der Waals surface area contributed by atoms with Gasteiger partial charge >= 0.3 is 0 Å². The van der Waals surface area contributed by atoms with Gasteiger partial charge in [-0.2, -0.15) is 0 Å². The van der Waals surface area contributed by atoms with E-state index in [2.05, 4.69) is 6.08 Å². The molecule has 0 saturated heterocycles. The zero-order valence-corrected chi connectivity index (χ0v) is 11.2. The summed E-state index contributed by atoms with van der Waals surface area (Å²) < 4.78 is 10.7. The Bertz CT molecular complexity index is 551. The van der Waals surface area contributed by atoms with Gasteiger partial charge < -0.3 is 14.4 Å². The van der Waals surface area contributed by atoms with Crippen molar-refractivity contribution in [1.29, 1.82) is 0 Å². The Morgan fingerprint density at radius 1 is 1.21 bits per heavy atom. The van der Waals surface area contributed by atoms with Crippen LogP contribution in [0, 0.1) is 0 Å². The number of ether oxygens (including phenoxy) is 2. The van der Waals surface area contributed by atoms with Crippen LogP contribution in [0.4, 0.5) is 0 Å². The topological polar surface area (TPSA) is 38.8 Å². The maximum atomic E-state index is 11.9. The third-order valence-electron chi connectivity index (χ3n) is 3.85. The second kappa shape index (κ2) is 4.61. The van der Waals surface area contributed by atoms with Crippen molar-refractivity contribution in [1.82, 2.24) is 4.90 Å². The van der Waals surface area contributed by atoms with E-state index in [0.717, 1.165) is 30.0 Å². The number of amides is 1. The molecular weight excluding hydrogens is 242 g/mol. The molecule has 0 aliphatic carbocycles. The maximum Gasteiger partial charge on any atom is 0.227 e. The van der Waals surface area contributed by atoms with Crippen LogP contribution in [0.15, 0.2) is 24.3 Å². The first-order valence-electron chi connectivity index (χ1n) is 6.45. The molecule has 1 atom stereocenters. The number of hydrogen-bond acceptors (Lipinski definition) is 3. The van der Waals surface area contributed by atoms with Crippen LogP contribution in [0.25, 0.3) is 0 Å². The molecule has 2 heterocycles. The summed E-state index contributed by atoms with van der Waals surface area (Å²) in [6.07, 6.45) is 5.44. The van der Waals surface area contributed by atoms with Crippen molar-refractivity contribution < 1.29 is 14.3 Å². The molecule has 1 aromatic carbocycles. The van der Waals surface area contributed by atoms with Crippen LogP contribution in [0.3, 0.4) is 0 Å². The molecule has 0 spiro atoms. The van der Waals surface area contributed by atoms with Crippen molar-refractivity contribution in [2.24, 2.45) is 0 Å². The number of rotatable bonds is 2. The van der Waals surface area contributed by atoms with Gasteiger partial charge in [0.05, 0.1) is 20.3 Å². The average Bonchev–Trinajstić information content (AvgIpc) is 2.45. The minimum Gasteiger partial charge on any atom is -0.493 e. The molecule has 0 saturated carbocycles. The summed E-state index contributed by atoms with van der Waals surface area (Å²) >= 11 is 0. The molecule has 0 fully saturated rings. The van der Waals surface area contributed by atoms with Gasteiger partial charge in [-0.25, -0.2) is 0 Å². The second-order valence-electron chi connectivity index (χ2n) is 4.82. The van der Waals surface area contributed by atoms with Crippen LogP contribution < -0.4 is 9.47 Å². The highest BCUT2D eigenvalue weighted by molar-refractivity contribution is 5.80. The molecule has 2 aliphatic heterocycles. The summed E-state index contributed by atoms with van der Waals surface area (Å²) in [6, 6.07) is 4.07. The lowest BCUT2D eigenvalue weighted by molar-refractivity contribution is -0.132. The van der Waals surface area contributed by atoms with E-state index in [1.54, 1.807) is 14.2 Å². The van der Waals surface area contributed by atoms with Crippen LogP contribution in [-0.2, 0) is 11.2 Å². The lowest BCUT2D eigenvalue weighted by atomic mass is 9.89. The van der Waals surface area contributed by atoms with Crippen molar-refractivity contribution in [3.05, 3.63) is 35.4 Å². The van der Waals surface area contributed by atoms with Crippen LogP contribution in [-0.4, -0.2) is 31.6 Å². The van der Waals surface area contributed by atoms with E-state index in [1.165, 1.54) is 5.56 Å². The third-order valence-corrected chi connectivity index (χ3v) is 3.85. The fraction of sp³-hybridized carbons (Fsp3) is 0.400. The molecule has 1 aromatic rings. The Hall–Kier alpha value is -1.97. The van der Waals surface area contributed by atoms with Crippen molar-refractivity contribution in [2.45, 2.75) is 18.9 Å². The smallest absolute Gasteiger partial charge is 0.227 e. The average molecular weight is 259 g/mol. The van der Waals surface area contributed by atoms with Gasteiger partial charge in [0.15, 0.2) is 11.5 Å². The molecule has 2 aliphatic rings. The van der Waals surface area contributed by atoms with E-state index in [9.17, 15) is 4.79 Å². The van der Waals surface area contributed by atoms with Crippen LogP contribution in [0.5, 0.6) is 11.5 Å². The van der Waals surface area contributed by atoms with Crippen LogP contribution >= 0.6 is 0 Å². The Kier molecular flexibility index (Phi) is 2.93. The summed E-state index contributed by atoms with van der Waals surface area (Å²) in [5, 5.41) is 0. The zero-order chi connectivity index (χ0) is 13.4. The normalized spacial score (nSPS) is 20.8. The SMILES string of the molecule is COc1cc2c(cc1OC)C1C=CCC(=O)N1CC2. The Balaban J connectivity index is 2.09. The molecule has 3 rings (SSSR count). The molecule has 4 nitrogen and oxygen atoms in total. The molecule has 4 heteroatoms. The molecule has 1 amide bonds. The Morgan fingerprint density at radius 3 is 2.68 bits per heavy atom. The maximum absolute atomic E-state index is 11.9.